The molecule has 16 heavy (non-hydrogen) atoms. The van der Waals surface area contributed by atoms with Gasteiger partial charge in [-0.05, 0) is 25.7 Å². The highest BCUT2D eigenvalue weighted by atomic mass is 16.7. The number of nitrogens with one attached hydrogen (secondary N) is 1. The highest BCUT2D eigenvalue weighted by molar-refractivity contribution is 4.94. The maximum atomic E-state index is 10.4. The van der Waals surface area contributed by atoms with Gasteiger partial charge in [0.1, 0.15) is 0 Å². The zero-order valence-electron chi connectivity index (χ0n) is 9.71. The van der Waals surface area contributed by atoms with Crippen LogP contribution < -0.4 is 5.32 Å². The Labute approximate surface area is 96.3 Å². The third-order valence-electron chi connectivity index (χ3n) is 4.05. The molecule has 3 fully saturated rings. The molecule has 3 rings (SSSR count). The predicted octanol–water partition coefficient (Wildman–Crippen LogP) is 0.787. The smallest absolute Gasteiger partial charge is 0.168 e. The van der Waals surface area contributed by atoms with Crippen molar-refractivity contribution in [2.45, 2.75) is 56.0 Å². The molecule has 0 bridgehead atoms. The third kappa shape index (κ3) is 2.25. The van der Waals surface area contributed by atoms with E-state index >= 15 is 0 Å². The topological polar surface area (TPSA) is 50.7 Å². The average molecular weight is 227 g/mol. The van der Waals surface area contributed by atoms with Crippen LogP contribution in [0.5, 0.6) is 0 Å². The second-order valence-corrected chi connectivity index (χ2v) is 5.49. The molecule has 1 saturated heterocycles. The van der Waals surface area contributed by atoms with Gasteiger partial charge in [0.25, 0.3) is 0 Å². The van der Waals surface area contributed by atoms with Gasteiger partial charge < -0.3 is 19.9 Å². The van der Waals surface area contributed by atoms with Crippen molar-refractivity contribution in [2.24, 2.45) is 0 Å². The summed E-state index contributed by atoms with van der Waals surface area (Å²) in [6.07, 6.45) is 5.77. The highest BCUT2D eigenvalue weighted by Gasteiger charge is 2.45. The molecule has 3 aliphatic rings. The van der Waals surface area contributed by atoms with E-state index in [0.29, 0.717) is 19.3 Å². The summed E-state index contributed by atoms with van der Waals surface area (Å²) >= 11 is 0. The molecule has 0 unspecified atom stereocenters. The summed E-state index contributed by atoms with van der Waals surface area (Å²) in [5.74, 6) is -0.355. The Morgan fingerprint density at radius 1 is 1.06 bits per heavy atom. The van der Waals surface area contributed by atoms with Crippen LogP contribution in [0.15, 0.2) is 0 Å². The second kappa shape index (κ2) is 3.95. The Balaban J connectivity index is 1.51. The van der Waals surface area contributed by atoms with Crippen LogP contribution in [0.2, 0.25) is 0 Å². The molecule has 1 aliphatic heterocycles. The minimum Gasteiger partial charge on any atom is -0.389 e. The van der Waals surface area contributed by atoms with Crippen LogP contribution in [0, 0.1) is 0 Å². The second-order valence-electron chi connectivity index (χ2n) is 5.49. The average Bonchev–Trinajstić information content (AvgIpc) is 3.02. The van der Waals surface area contributed by atoms with Gasteiger partial charge in [-0.3, -0.25) is 0 Å². The molecule has 1 spiro atoms. The van der Waals surface area contributed by atoms with Crippen molar-refractivity contribution in [2.75, 3.05) is 19.8 Å². The molecule has 0 aromatic carbocycles. The first-order valence-electron chi connectivity index (χ1n) is 6.44. The summed E-state index contributed by atoms with van der Waals surface area (Å²) in [5.41, 5.74) is -0.539. The van der Waals surface area contributed by atoms with Crippen molar-refractivity contribution in [1.82, 2.24) is 5.32 Å². The van der Waals surface area contributed by atoms with Gasteiger partial charge in [-0.2, -0.15) is 0 Å². The number of hydrogen-bond donors (Lipinski definition) is 2. The lowest BCUT2D eigenvalue weighted by Crippen LogP contribution is -2.49. The van der Waals surface area contributed by atoms with Gasteiger partial charge in [-0.15, -0.1) is 0 Å². The third-order valence-corrected chi connectivity index (χ3v) is 4.05. The minimum atomic E-state index is -0.539. The minimum absolute atomic E-state index is 0.355. The quantitative estimate of drug-likeness (QED) is 0.748. The van der Waals surface area contributed by atoms with Crippen LogP contribution in [-0.2, 0) is 9.47 Å². The van der Waals surface area contributed by atoms with Crippen molar-refractivity contribution in [3.05, 3.63) is 0 Å². The first-order chi connectivity index (χ1) is 7.70. The van der Waals surface area contributed by atoms with Gasteiger partial charge in [0.2, 0.25) is 0 Å². The summed E-state index contributed by atoms with van der Waals surface area (Å²) in [7, 11) is 0. The highest BCUT2D eigenvalue weighted by Crippen LogP contribution is 2.40. The Kier molecular flexibility index (Phi) is 2.70. The molecule has 0 aromatic rings. The molecule has 4 nitrogen and oxygen atoms in total. The molecule has 4 heteroatoms. The normalized spacial score (nSPS) is 32.1. The van der Waals surface area contributed by atoms with Crippen molar-refractivity contribution < 1.29 is 14.6 Å². The Morgan fingerprint density at radius 3 is 2.25 bits per heavy atom. The summed E-state index contributed by atoms with van der Waals surface area (Å²) < 4.78 is 11.3. The first kappa shape index (κ1) is 11.0. The van der Waals surface area contributed by atoms with Gasteiger partial charge in [0, 0.05) is 25.4 Å². The molecule has 0 amide bonds. The molecule has 2 aliphatic carbocycles. The molecule has 0 aromatic heterocycles. The maximum absolute atomic E-state index is 10.4. The van der Waals surface area contributed by atoms with Gasteiger partial charge >= 0.3 is 0 Å². The fraction of sp³-hybridized carbons (Fsp3) is 1.00. The zero-order chi connectivity index (χ0) is 11.1. The van der Waals surface area contributed by atoms with E-state index in [4.69, 9.17) is 9.47 Å². The van der Waals surface area contributed by atoms with Gasteiger partial charge in [-0.1, -0.05) is 0 Å². The van der Waals surface area contributed by atoms with Crippen LogP contribution in [0.4, 0.5) is 0 Å². The molecule has 0 atom stereocenters. The lowest BCUT2D eigenvalue weighted by atomic mass is 9.81. The standard InChI is InChI=1S/C12H21NO3/c14-11(9-13-10-1-2-10)3-5-12(6-4-11)15-7-8-16-12/h10,13-14H,1-9H2. The molecule has 2 N–H and O–H groups in total. The summed E-state index contributed by atoms with van der Waals surface area (Å²) in [4.78, 5) is 0. The number of ether oxygens (including phenoxy) is 2. The van der Waals surface area contributed by atoms with Crippen molar-refractivity contribution in [3.8, 4) is 0 Å². The Bertz CT molecular complexity index is 249. The van der Waals surface area contributed by atoms with Crippen molar-refractivity contribution in [1.29, 1.82) is 0 Å². The van der Waals surface area contributed by atoms with Gasteiger partial charge in [0.05, 0.1) is 18.8 Å². The summed E-state index contributed by atoms with van der Waals surface area (Å²) in [6.45, 7) is 2.14. The van der Waals surface area contributed by atoms with Crippen LogP contribution >= 0.6 is 0 Å². The maximum Gasteiger partial charge on any atom is 0.168 e. The Morgan fingerprint density at radius 2 is 1.69 bits per heavy atom. The predicted molar refractivity (Wildman–Crippen MR) is 59.1 cm³/mol. The number of rotatable bonds is 3. The van der Waals surface area contributed by atoms with Crippen molar-refractivity contribution >= 4 is 0 Å². The van der Waals surface area contributed by atoms with Crippen LogP contribution in [0.3, 0.4) is 0 Å². The van der Waals surface area contributed by atoms with Crippen LogP contribution in [0.25, 0.3) is 0 Å². The van der Waals surface area contributed by atoms with Crippen molar-refractivity contribution in [3.63, 3.8) is 0 Å². The molecule has 1 heterocycles. The fourth-order valence-corrected chi connectivity index (χ4v) is 2.68. The molecule has 2 saturated carbocycles. The van der Waals surface area contributed by atoms with E-state index < -0.39 is 5.60 Å². The Hall–Kier alpha value is -0.160. The van der Waals surface area contributed by atoms with E-state index in [-0.39, 0.29) is 5.79 Å². The van der Waals surface area contributed by atoms with E-state index in [1.807, 2.05) is 0 Å². The van der Waals surface area contributed by atoms with Crippen LogP contribution in [0.1, 0.15) is 38.5 Å². The number of aliphatic hydroxyl groups is 1. The number of hydrogen-bond acceptors (Lipinski definition) is 4. The first-order valence-corrected chi connectivity index (χ1v) is 6.44. The largest absolute Gasteiger partial charge is 0.389 e. The zero-order valence-corrected chi connectivity index (χ0v) is 9.71. The monoisotopic (exact) mass is 227 g/mol. The van der Waals surface area contributed by atoms with Gasteiger partial charge in [0.15, 0.2) is 5.79 Å². The molecular weight excluding hydrogens is 206 g/mol. The lowest BCUT2D eigenvalue weighted by molar-refractivity contribution is -0.201. The van der Waals surface area contributed by atoms with E-state index in [9.17, 15) is 5.11 Å². The van der Waals surface area contributed by atoms with Crippen LogP contribution in [-0.4, -0.2) is 42.3 Å². The van der Waals surface area contributed by atoms with E-state index in [0.717, 1.165) is 32.2 Å². The lowest BCUT2D eigenvalue weighted by Gasteiger charge is -2.40. The molecule has 92 valence electrons. The van der Waals surface area contributed by atoms with E-state index in [2.05, 4.69) is 5.32 Å². The summed E-state index contributed by atoms with van der Waals surface area (Å²) in [6, 6.07) is 0.666. The fourth-order valence-electron chi connectivity index (χ4n) is 2.68. The summed E-state index contributed by atoms with van der Waals surface area (Å²) in [5, 5.41) is 13.8. The molecule has 0 radical (unpaired) electrons. The van der Waals surface area contributed by atoms with E-state index in [1.165, 1.54) is 12.8 Å². The molecular formula is C12H21NO3. The van der Waals surface area contributed by atoms with Gasteiger partial charge in [-0.25, -0.2) is 0 Å². The SMILES string of the molecule is OC1(CNC2CC2)CCC2(CC1)OCCO2. The van der Waals surface area contributed by atoms with E-state index in [1.54, 1.807) is 0 Å².